The van der Waals surface area contributed by atoms with Crippen molar-refractivity contribution in [2.75, 3.05) is 19.7 Å². The molecule has 0 radical (unpaired) electrons. The third-order valence-corrected chi connectivity index (χ3v) is 8.12. The summed E-state index contributed by atoms with van der Waals surface area (Å²) in [5.74, 6) is 0.288. The standard InChI is InChI=1S/C23H30F3N3O2/c1-14(2)22(5-3-17(9-22)29-12-19-8-18(29)13-31-19)21(30)28-6-4-20-15(11-28)7-16(10-27-20)23(24,25)26/h7,10,14,17-19H,3-6,8-9,11-13H2,1-2H3/t17-,18-,19+,22+/m1/s1. The summed E-state index contributed by atoms with van der Waals surface area (Å²) in [6, 6.07) is 2.03. The zero-order chi connectivity index (χ0) is 22.0. The highest BCUT2D eigenvalue weighted by atomic mass is 19.4. The molecule has 1 saturated carbocycles. The average Bonchev–Trinajstić information content (AvgIpc) is 3.47. The summed E-state index contributed by atoms with van der Waals surface area (Å²) in [5.41, 5.74) is 0.0104. The van der Waals surface area contributed by atoms with Crippen LogP contribution in [-0.2, 0) is 28.7 Å². The van der Waals surface area contributed by atoms with Gasteiger partial charge in [-0.15, -0.1) is 0 Å². The number of pyridine rings is 1. The summed E-state index contributed by atoms with van der Waals surface area (Å²) in [6.07, 6.45) is 1.08. The lowest BCUT2D eigenvalue weighted by molar-refractivity contribution is -0.146. The zero-order valence-corrected chi connectivity index (χ0v) is 18.1. The van der Waals surface area contributed by atoms with E-state index in [2.05, 4.69) is 23.7 Å². The normalized spacial score (nSPS) is 33.4. The van der Waals surface area contributed by atoms with E-state index in [0.29, 0.717) is 42.4 Å². The Balaban J connectivity index is 1.35. The molecule has 1 aliphatic carbocycles. The van der Waals surface area contributed by atoms with Crippen LogP contribution in [0.5, 0.6) is 0 Å². The summed E-state index contributed by atoms with van der Waals surface area (Å²) < 4.78 is 45.2. The van der Waals surface area contributed by atoms with Crippen LogP contribution >= 0.6 is 0 Å². The molecule has 3 fully saturated rings. The molecule has 5 nitrogen and oxygen atoms in total. The maximum Gasteiger partial charge on any atom is 0.417 e. The second kappa shape index (κ2) is 7.44. The maximum absolute atomic E-state index is 13.8. The Labute approximate surface area is 180 Å². The van der Waals surface area contributed by atoms with E-state index in [4.69, 9.17) is 4.74 Å². The highest BCUT2D eigenvalue weighted by molar-refractivity contribution is 5.83. The maximum atomic E-state index is 13.8. The minimum absolute atomic E-state index is 0.105. The number of carbonyl (C=O) groups excluding carboxylic acids is 1. The van der Waals surface area contributed by atoms with Crippen LogP contribution in [0.2, 0.25) is 0 Å². The second-order valence-electron chi connectivity index (χ2n) is 10.1. The fraction of sp³-hybridized carbons (Fsp3) is 0.739. The van der Waals surface area contributed by atoms with E-state index in [1.54, 1.807) is 4.90 Å². The van der Waals surface area contributed by atoms with Gasteiger partial charge >= 0.3 is 6.18 Å². The Morgan fingerprint density at radius 2 is 2.13 bits per heavy atom. The number of alkyl halides is 3. The van der Waals surface area contributed by atoms with Gasteiger partial charge in [0, 0.05) is 50.0 Å². The molecule has 0 N–H and O–H groups in total. The van der Waals surface area contributed by atoms with Gasteiger partial charge in [-0.25, -0.2) is 0 Å². The van der Waals surface area contributed by atoms with Gasteiger partial charge < -0.3 is 9.64 Å². The van der Waals surface area contributed by atoms with Crippen LogP contribution in [0.4, 0.5) is 13.2 Å². The van der Waals surface area contributed by atoms with Crippen molar-refractivity contribution < 1.29 is 22.7 Å². The Hall–Kier alpha value is -1.67. The molecule has 31 heavy (non-hydrogen) atoms. The molecule has 170 valence electrons. The van der Waals surface area contributed by atoms with E-state index in [9.17, 15) is 18.0 Å². The quantitative estimate of drug-likeness (QED) is 0.724. The fourth-order valence-electron chi connectivity index (χ4n) is 6.24. The molecule has 0 spiro atoms. The van der Waals surface area contributed by atoms with E-state index in [-0.39, 0.29) is 18.4 Å². The van der Waals surface area contributed by atoms with Crippen molar-refractivity contribution in [3.63, 3.8) is 0 Å². The van der Waals surface area contributed by atoms with Crippen LogP contribution in [0.1, 0.15) is 56.4 Å². The number of hydrogen-bond acceptors (Lipinski definition) is 4. The van der Waals surface area contributed by atoms with Gasteiger partial charge in [0.15, 0.2) is 0 Å². The lowest BCUT2D eigenvalue weighted by atomic mass is 9.73. The summed E-state index contributed by atoms with van der Waals surface area (Å²) in [4.78, 5) is 22.2. The minimum Gasteiger partial charge on any atom is -0.375 e. The Morgan fingerprint density at radius 1 is 1.32 bits per heavy atom. The van der Waals surface area contributed by atoms with Crippen molar-refractivity contribution in [1.82, 2.24) is 14.8 Å². The van der Waals surface area contributed by atoms with Gasteiger partial charge in [0.25, 0.3) is 0 Å². The summed E-state index contributed by atoms with van der Waals surface area (Å²) in [5, 5.41) is 0. The number of hydrogen-bond donors (Lipinski definition) is 0. The molecule has 2 bridgehead atoms. The van der Waals surface area contributed by atoms with Gasteiger partial charge in [0.05, 0.1) is 23.7 Å². The number of ether oxygens (including phenoxy) is 1. The molecule has 0 aromatic carbocycles. The van der Waals surface area contributed by atoms with Crippen molar-refractivity contribution in [3.05, 3.63) is 29.1 Å². The first kappa shape index (κ1) is 21.2. The van der Waals surface area contributed by atoms with Gasteiger partial charge in [-0.3, -0.25) is 14.7 Å². The molecule has 4 aliphatic rings. The summed E-state index contributed by atoms with van der Waals surface area (Å²) in [6.45, 7) is 6.71. The molecule has 1 aromatic rings. The van der Waals surface area contributed by atoms with Crippen LogP contribution in [0, 0.1) is 11.3 Å². The van der Waals surface area contributed by atoms with Gasteiger partial charge in [-0.2, -0.15) is 13.2 Å². The molecule has 1 aromatic heterocycles. The van der Waals surface area contributed by atoms with E-state index >= 15 is 0 Å². The molecule has 4 heterocycles. The molecular weight excluding hydrogens is 407 g/mol. The van der Waals surface area contributed by atoms with E-state index in [1.165, 1.54) is 6.07 Å². The molecule has 2 saturated heterocycles. The number of rotatable bonds is 3. The molecule has 5 rings (SSSR count). The predicted molar refractivity (Wildman–Crippen MR) is 108 cm³/mol. The lowest BCUT2D eigenvalue weighted by Crippen LogP contribution is -2.49. The third kappa shape index (κ3) is 3.55. The van der Waals surface area contributed by atoms with Crippen molar-refractivity contribution in [2.45, 2.75) is 76.9 Å². The summed E-state index contributed by atoms with van der Waals surface area (Å²) in [7, 11) is 0. The second-order valence-corrected chi connectivity index (χ2v) is 10.1. The SMILES string of the molecule is CC(C)[C@]1(C(=O)N2CCc3ncc(C(F)(F)F)cc3C2)CC[C@@H](N2C[C@@H]3C[C@@H]2CO3)C1. The van der Waals surface area contributed by atoms with Crippen LogP contribution in [-0.4, -0.2) is 58.6 Å². The summed E-state index contributed by atoms with van der Waals surface area (Å²) >= 11 is 0. The average molecular weight is 438 g/mol. The number of carbonyl (C=O) groups is 1. The number of aromatic nitrogens is 1. The van der Waals surface area contributed by atoms with E-state index < -0.39 is 17.2 Å². The number of likely N-dealkylation sites (tertiary alicyclic amines) is 1. The smallest absolute Gasteiger partial charge is 0.375 e. The first-order valence-electron chi connectivity index (χ1n) is 11.4. The molecule has 8 heteroatoms. The van der Waals surface area contributed by atoms with Crippen LogP contribution < -0.4 is 0 Å². The first-order valence-corrected chi connectivity index (χ1v) is 11.4. The lowest BCUT2D eigenvalue weighted by Gasteiger charge is -2.40. The van der Waals surface area contributed by atoms with Crippen molar-refractivity contribution in [1.29, 1.82) is 0 Å². The highest BCUT2D eigenvalue weighted by Crippen LogP contribution is 2.49. The molecular formula is C23H30F3N3O2. The monoisotopic (exact) mass is 437 g/mol. The van der Waals surface area contributed by atoms with Crippen molar-refractivity contribution in [2.24, 2.45) is 11.3 Å². The van der Waals surface area contributed by atoms with E-state index in [1.807, 2.05) is 0 Å². The first-order chi connectivity index (χ1) is 14.7. The van der Waals surface area contributed by atoms with Crippen LogP contribution in [0.15, 0.2) is 12.3 Å². The van der Waals surface area contributed by atoms with Gasteiger partial charge in [-0.1, -0.05) is 13.8 Å². The number of nitrogens with zero attached hydrogens (tertiary/aromatic N) is 3. The number of halogens is 3. The number of fused-ring (bicyclic) bond motifs is 3. The van der Waals surface area contributed by atoms with Crippen molar-refractivity contribution >= 4 is 5.91 Å². The molecule has 4 atom stereocenters. The Kier molecular flexibility index (Phi) is 5.09. The zero-order valence-electron chi connectivity index (χ0n) is 18.1. The Bertz CT molecular complexity index is 874. The highest BCUT2D eigenvalue weighted by Gasteiger charge is 2.53. The topological polar surface area (TPSA) is 45.7 Å². The molecule has 0 unspecified atom stereocenters. The van der Waals surface area contributed by atoms with Crippen LogP contribution in [0.25, 0.3) is 0 Å². The third-order valence-electron chi connectivity index (χ3n) is 8.12. The van der Waals surface area contributed by atoms with Crippen molar-refractivity contribution in [3.8, 4) is 0 Å². The van der Waals surface area contributed by atoms with E-state index in [0.717, 1.165) is 45.0 Å². The van der Waals surface area contributed by atoms with Crippen LogP contribution in [0.3, 0.4) is 0 Å². The molecule has 1 amide bonds. The Morgan fingerprint density at radius 3 is 2.77 bits per heavy atom. The van der Waals surface area contributed by atoms with Gasteiger partial charge in [-0.05, 0) is 43.2 Å². The van der Waals surface area contributed by atoms with Gasteiger partial charge in [0.1, 0.15) is 0 Å². The van der Waals surface area contributed by atoms with Gasteiger partial charge in [0.2, 0.25) is 5.91 Å². The number of morpholine rings is 1. The minimum atomic E-state index is -4.43. The molecule has 3 aliphatic heterocycles. The largest absolute Gasteiger partial charge is 0.417 e. The fourth-order valence-corrected chi connectivity index (χ4v) is 6.24. The number of amides is 1. The predicted octanol–water partition coefficient (Wildman–Crippen LogP) is 3.65.